The molecule has 0 aromatic heterocycles. The van der Waals surface area contributed by atoms with Crippen LogP contribution in [0.25, 0.3) is 0 Å². The van der Waals surface area contributed by atoms with Crippen LogP contribution in [-0.2, 0) is 10.0 Å². The van der Waals surface area contributed by atoms with Crippen molar-refractivity contribution >= 4 is 27.3 Å². The summed E-state index contributed by atoms with van der Waals surface area (Å²) >= 11 is 6.04. The number of rotatable bonds is 6. The summed E-state index contributed by atoms with van der Waals surface area (Å²) in [6.07, 6.45) is 0. The molecule has 2 aromatic carbocycles. The predicted molar refractivity (Wildman–Crippen MR) is 94.8 cm³/mol. The lowest BCUT2D eigenvalue weighted by molar-refractivity contribution is -0.385. The number of benzene rings is 2. The van der Waals surface area contributed by atoms with Crippen LogP contribution in [0.3, 0.4) is 0 Å². The van der Waals surface area contributed by atoms with Crippen LogP contribution in [0.5, 0.6) is 11.5 Å². The Morgan fingerprint density at radius 2 is 1.84 bits per heavy atom. The molecule has 0 radical (unpaired) electrons. The van der Waals surface area contributed by atoms with Crippen molar-refractivity contribution in [1.82, 2.24) is 4.72 Å². The van der Waals surface area contributed by atoms with Crippen molar-refractivity contribution in [1.29, 1.82) is 0 Å². The van der Waals surface area contributed by atoms with Gasteiger partial charge in [0.1, 0.15) is 5.75 Å². The van der Waals surface area contributed by atoms with Crippen LogP contribution in [0.1, 0.15) is 19.4 Å². The highest BCUT2D eigenvalue weighted by Gasteiger charge is 2.23. The molecule has 2 aromatic rings. The SMILES string of the molecule is Cc1ccc(Cl)c(Oc2ccc(S(=O)(=O)NC(C)C)cc2[N+](=O)[O-])c1. The normalized spacial score (nSPS) is 11.6. The van der Waals surface area contributed by atoms with Gasteiger partial charge in [-0.25, -0.2) is 13.1 Å². The highest BCUT2D eigenvalue weighted by Crippen LogP contribution is 2.36. The smallest absolute Gasteiger partial charge is 0.312 e. The zero-order valence-corrected chi connectivity index (χ0v) is 15.4. The van der Waals surface area contributed by atoms with Crippen molar-refractivity contribution in [3.05, 3.63) is 57.1 Å². The van der Waals surface area contributed by atoms with Gasteiger partial charge in [0.05, 0.1) is 14.8 Å². The van der Waals surface area contributed by atoms with Gasteiger partial charge in [-0.1, -0.05) is 17.7 Å². The summed E-state index contributed by atoms with van der Waals surface area (Å²) in [5.74, 6) is 0.154. The topological polar surface area (TPSA) is 98.5 Å². The van der Waals surface area contributed by atoms with E-state index in [4.69, 9.17) is 16.3 Å². The molecule has 0 spiro atoms. The first-order valence-electron chi connectivity index (χ1n) is 7.35. The van der Waals surface area contributed by atoms with Gasteiger partial charge in [0.25, 0.3) is 0 Å². The van der Waals surface area contributed by atoms with Crippen molar-refractivity contribution < 1.29 is 18.1 Å². The van der Waals surface area contributed by atoms with E-state index in [1.165, 1.54) is 12.1 Å². The van der Waals surface area contributed by atoms with Gasteiger partial charge in [-0.2, -0.15) is 0 Å². The average Bonchev–Trinajstić information content (AvgIpc) is 2.49. The number of hydrogen-bond acceptors (Lipinski definition) is 5. The Hall–Kier alpha value is -2.16. The number of hydrogen-bond donors (Lipinski definition) is 1. The second-order valence-electron chi connectivity index (χ2n) is 5.70. The Morgan fingerprint density at radius 3 is 2.44 bits per heavy atom. The minimum Gasteiger partial charge on any atom is -0.449 e. The summed E-state index contributed by atoms with van der Waals surface area (Å²) in [5.41, 5.74) is 0.395. The zero-order chi connectivity index (χ0) is 18.8. The summed E-state index contributed by atoms with van der Waals surface area (Å²) in [5, 5.41) is 11.6. The molecule has 134 valence electrons. The number of aryl methyl sites for hydroxylation is 1. The van der Waals surface area contributed by atoms with Crippen molar-refractivity contribution in [3.8, 4) is 11.5 Å². The lowest BCUT2D eigenvalue weighted by atomic mass is 10.2. The van der Waals surface area contributed by atoms with Crippen molar-refractivity contribution in [2.24, 2.45) is 0 Å². The van der Waals surface area contributed by atoms with Crippen molar-refractivity contribution in [3.63, 3.8) is 0 Å². The molecule has 0 aliphatic rings. The van der Waals surface area contributed by atoms with Gasteiger partial charge in [0.2, 0.25) is 15.8 Å². The molecule has 0 fully saturated rings. The van der Waals surface area contributed by atoms with E-state index in [2.05, 4.69) is 4.72 Å². The summed E-state index contributed by atoms with van der Waals surface area (Å²) in [6.45, 7) is 5.14. The van der Waals surface area contributed by atoms with Crippen LogP contribution in [0.2, 0.25) is 5.02 Å². The Kier molecular flexibility index (Phi) is 5.66. The van der Waals surface area contributed by atoms with Gasteiger partial charge in [0, 0.05) is 12.1 Å². The van der Waals surface area contributed by atoms with Crippen LogP contribution in [0.15, 0.2) is 41.3 Å². The number of ether oxygens (including phenoxy) is 1. The predicted octanol–water partition coefficient (Wildman–Crippen LogP) is 4.04. The molecule has 25 heavy (non-hydrogen) atoms. The molecular formula is C16H17ClN2O5S. The minimum atomic E-state index is -3.86. The summed E-state index contributed by atoms with van der Waals surface area (Å²) < 4.78 is 32.3. The van der Waals surface area contributed by atoms with Gasteiger partial charge in [-0.15, -0.1) is 0 Å². The number of nitrogens with one attached hydrogen (secondary N) is 1. The molecule has 7 nitrogen and oxygen atoms in total. The van der Waals surface area contributed by atoms with Gasteiger partial charge in [-0.3, -0.25) is 10.1 Å². The van der Waals surface area contributed by atoms with Crippen molar-refractivity contribution in [2.45, 2.75) is 31.7 Å². The zero-order valence-electron chi connectivity index (χ0n) is 13.8. The maximum atomic E-state index is 12.2. The second kappa shape index (κ2) is 7.38. The van der Waals surface area contributed by atoms with E-state index in [9.17, 15) is 18.5 Å². The van der Waals surface area contributed by atoms with Crippen LogP contribution >= 0.6 is 11.6 Å². The molecule has 0 atom stereocenters. The van der Waals surface area contributed by atoms with E-state index in [1.54, 1.807) is 32.0 Å². The number of nitrogens with zero attached hydrogens (tertiary/aromatic N) is 1. The summed E-state index contributed by atoms with van der Waals surface area (Å²) in [6, 6.07) is 8.13. The average molecular weight is 385 g/mol. The highest BCUT2D eigenvalue weighted by molar-refractivity contribution is 7.89. The number of nitro benzene ring substituents is 1. The monoisotopic (exact) mass is 384 g/mol. The second-order valence-corrected chi connectivity index (χ2v) is 7.82. The molecule has 9 heteroatoms. The van der Waals surface area contributed by atoms with Gasteiger partial charge in [-0.05, 0) is 50.6 Å². The Bertz CT molecular complexity index is 913. The maximum absolute atomic E-state index is 12.2. The van der Waals surface area contributed by atoms with Crippen molar-refractivity contribution in [2.75, 3.05) is 0 Å². The van der Waals surface area contributed by atoms with Crippen LogP contribution in [0, 0.1) is 17.0 Å². The molecule has 2 rings (SSSR count). The van der Waals surface area contributed by atoms with E-state index in [0.717, 1.165) is 11.6 Å². The molecule has 0 aliphatic carbocycles. The van der Waals surface area contributed by atoms with E-state index < -0.39 is 20.6 Å². The fourth-order valence-corrected chi connectivity index (χ4v) is 3.51. The molecule has 0 saturated carbocycles. The molecule has 0 amide bonds. The summed E-state index contributed by atoms with van der Waals surface area (Å²) in [4.78, 5) is 10.4. The number of nitro groups is 1. The third-order valence-electron chi connectivity index (χ3n) is 3.13. The lowest BCUT2D eigenvalue weighted by Crippen LogP contribution is -2.30. The van der Waals surface area contributed by atoms with E-state index >= 15 is 0 Å². The third-order valence-corrected chi connectivity index (χ3v) is 5.10. The Balaban J connectivity index is 2.47. The van der Waals surface area contributed by atoms with Gasteiger partial charge >= 0.3 is 5.69 Å². The fraction of sp³-hybridized carbons (Fsp3) is 0.250. The molecule has 0 aliphatic heterocycles. The lowest BCUT2D eigenvalue weighted by Gasteiger charge is -2.12. The maximum Gasteiger partial charge on any atom is 0.312 e. The first-order valence-corrected chi connectivity index (χ1v) is 9.21. The Labute approximate surface area is 150 Å². The highest BCUT2D eigenvalue weighted by atomic mass is 35.5. The minimum absolute atomic E-state index is 0.0963. The Morgan fingerprint density at radius 1 is 1.16 bits per heavy atom. The molecule has 0 saturated heterocycles. The first-order chi connectivity index (χ1) is 11.6. The van der Waals surface area contributed by atoms with Gasteiger partial charge < -0.3 is 4.74 Å². The van der Waals surface area contributed by atoms with Crippen LogP contribution < -0.4 is 9.46 Å². The third kappa shape index (κ3) is 4.68. The fourth-order valence-electron chi connectivity index (χ4n) is 2.08. The van der Waals surface area contributed by atoms with E-state index in [1.807, 2.05) is 6.92 Å². The molecular weight excluding hydrogens is 368 g/mol. The van der Waals surface area contributed by atoms with Crippen LogP contribution in [-0.4, -0.2) is 19.4 Å². The molecule has 0 bridgehead atoms. The number of halogens is 1. The quantitative estimate of drug-likeness (QED) is 0.598. The van der Waals surface area contributed by atoms with Crippen LogP contribution in [0.4, 0.5) is 5.69 Å². The van der Waals surface area contributed by atoms with E-state index in [0.29, 0.717) is 0 Å². The molecule has 0 heterocycles. The largest absolute Gasteiger partial charge is 0.449 e. The van der Waals surface area contributed by atoms with E-state index in [-0.39, 0.29) is 27.5 Å². The first kappa shape index (κ1) is 19.2. The number of sulfonamides is 1. The molecule has 1 N–H and O–H groups in total. The van der Waals surface area contributed by atoms with Gasteiger partial charge in [0.15, 0.2) is 0 Å². The molecule has 0 unspecified atom stereocenters. The standard InChI is InChI=1S/C16H17ClN2O5S/c1-10(2)18-25(22,23)12-5-7-15(14(9-12)19(20)21)24-16-8-11(3)4-6-13(16)17/h4-10,18H,1-3H3. The summed E-state index contributed by atoms with van der Waals surface area (Å²) in [7, 11) is -3.86.